The van der Waals surface area contributed by atoms with Crippen molar-refractivity contribution in [3.8, 4) is 0 Å². The minimum Gasteiger partial charge on any atom is -0.369 e. The molecule has 0 amide bonds. The summed E-state index contributed by atoms with van der Waals surface area (Å²) in [5.41, 5.74) is 7.52. The van der Waals surface area contributed by atoms with Crippen LogP contribution < -0.4 is 10.6 Å². The van der Waals surface area contributed by atoms with E-state index in [1.165, 1.54) is 6.07 Å². The standard InChI is InChI=1S/C15H24FN3/c1-11(2)18-7-9-19(10-8-18)14-6-4-5-13(16)15(14)12(3)17/h4-6,11-12H,7-10,17H2,1-3H3/t12-/m1/s1. The van der Waals surface area contributed by atoms with E-state index in [1.807, 2.05) is 13.0 Å². The fourth-order valence-electron chi connectivity index (χ4n) is 2.73. The summed E-state index contributed by atoms with van der Waals surface area (Å²) in [6.45, 7) is 10.2. The Morgan fingerprint density at radius 1 is 1.11 bits per heavy atom. The van der Waals surface area contributed by atoms with E-state index in [0.717, 1.165) is 31.9 Å². The maximum atomic E-state index is 13.9. The lowest BCUT2D eigenvalue weighted by molar-refractivity contribution is 0.209. The van der Waals surface area contributed by atoms with Gasteiger partial charge in [-0.3, -0.25) is 4.90 Å². The van der Waals surface area contributed by atoms with Gasteiger partial charge in [-0.05, 0) is 32.9 Å². The van der Waals surface area contributed by atoms with Crippen LogP contribution in [0.15, 0.2) is 18.2 Å². The van der Waals surface area contributed by atoms with E-state index in [4.69, 9.17) is 5.73 Å². The van der Waals surface area contributed by atoms with E-state index < -0.39 is 0 Å². The zero-order chi connectivity index (χ0) is 14.0. The summed E-state index contributed by atoms with van der Waals surface area (Å²) in [7, 11) is 0. The fourth-order valence-corrected chi connectivity index (χ4v) is 2.73. The Morgan fingerprint density at radius 2 is 1.74 bits per heavy atom. The number of anilines is 1. The van der Waals surface area contributed by atoms with Gasteiger partial charge in [-0.25, -0.2) is 4.39 Å². The Hall–Kier alpha value is -1.13. The molecule has 106 valence electrons. The Morgan fingerprint density at radius 3 is 2.26 bits per heavy atom. The van der Waals surface area contributed by atoms with E-state index in [-0.39, 0.29) is 11.9 Å². The number of rotatable bonds is 3. The van der Waals surface area contributed by atoms with Crippen molar-refractivity contribution < 1.29 is 4.39 Å². The van der Waals surface area contributed by atoms with Crippen LogP contribution in [0.2, 0.25) is 0 Å². The number of benzene rings is 1. The van der Waals surface area contributed by atoms with Crippen LogP contribution in [0, 0.1) is 5.82 Å². The molecule has 1 aliphatic rings. The molecule has 1 aliphatic heterocycles. The van der Waals surface area contributed by atoms with E-state index in [1.54, 1.807) is 6.07 Å². The van der Waals surface area contributed by atoms with Crippen molar-refractivity contribution in [1.82, 2.24) is 4.90 Å². The molecule has 1 heterocycles. The summed E-state index contributed by atoms with van der Waals surface area (Å²) in [5, 5.41) is 0. The highest BCUT2D eigenvalue weighted by molar-refractivity contribution is 5.55. The minimum atomic E-state index is -0.278. The Labute approximate surface area is 115 Å². The molecule has 0 spiro atoms. The first-order chi connectivity index (χ1) is 9.00. The van der Waals surface area contributed by atoms with Crippen LogP contribution in [0.3, 0.4) is 0 Å². The second-order valence-electron chi connectivity index (χ2n) is 5.58. The zero-order valence-corrected chi connectivity index (χ0v) is 12.1. The Balaban J connectivity index is 2.18. The van der Waals surface area contributed by atoms with Gasteiger partial charge in [0, 0.05) is 49.5 Å². The molecule has 0 saturated carbocycles. The molecule has 0 unspecified atom stereocenters. The fraction of sp³-hybridized carbons (Fsp3) is 0.600. The first-order valence-electron chi connectivity index (χ1n) is 7.03. The third-order valence-corrected chi connectivity index (χ3v) is 3.87. The lowest BCUT2D eigenvalue weighted by Crippen LogP contribution is -2.49. The van der Waals surface area contributed by atoms with Crippen molar-refractivity contribution in [3.63, 3.8) is 0 Å². The Bertz CT molecular complexity index is 423. The minimum absolute atomic E-state index is 0.196. The normalized spacial score (nSPS) is 18.9. The average molecular weight is 265 g/mol. The van der Waals surface area contributed by atoms with Crippen LogP contribution in [-0.4, -0.2) is 37.1 Å². The van der Waals surface area contributed by atoms with Gasteiger partial charge in [-0.2, -0.15) is 0 Å². The molecule has 1 saturated heterocycles. The second kappa shape index (κ2) is 5.88. The van der Waals surface area contributed by atoms with E-state index >= 15 is 0 Å². The smallest absolute Gasteiger partial charge is 0.130 e. The summed E-state index contributed by atoms with van der Waals surface area (Å²) in [6.07, 6.45) is 0. The highest BCUT2D eigenvalue weighted by Crippen LogP contribution is 2.28. The lowest BCUT2D eigenvalue weighted by Gasteiger charge is -2.39. The molecule has 1 fully saturated rings. The van der Waals surface area contributed by atoms with E-state index in [0.29, 0.717) is 11.6 Å². The molecule has 0 radical (unpaired) electrons. The third-order valence-electron chi connectivity index (χ3n) is 3.87. The maximum Gasteiger partial charge on any atom is 0.130 e. The van der Waals surface area contributed by atoms with Gasteiger partial charge < -0.3 is 10.6 Å². The van der Waals surface area contributed by atoms with Crippen molar-refractivity contribution >= 4 is 5.69 Å². The zero-order valence-electron chi connectivity index (χ0n) is 12.1. The van der Waals surface area contributed by atoms with Crippen LogP contribution in [0.25, 0.3) is 0 Å². The molecule has 0 aromatic heterocycles. The van der Waals surface area contributed by atoms with Crippen molar-refractivity contribution in [1.29, 1.82) is 0 Å². The number of nitrogens with zero attached hydrogens (tertiary/aromatic N) is 2. The van der Waals surface area contributed by atoms with Crippen molar-refractivity contribution in [2.75, 3.05) is 31.1 Å². The van der Waals surface area contributed by atoms with Gasteiger partial charge in [-0.1, -0.05) is 6.07 Å². The van der Waals surface area contributed by atoms with Crippen LogP contribution in [-0.2, 0) is 0 Å². The van der Waals surface area contributed by atoms with E-state index in [2.05, 4.69) is 23.6 Å². The van der Waals surface area contributed by atoms with Crippen molar-refractivity contribution in [2.24, 2.45) is 5.73 Å². The highest BCUT2D eigenvalue weighted by Gasteiger charge is 2.22. The molecule has 2 N–H and O–H groups in total. The molecule has 3 nitrogen and oxygen atoms in total. The molecule has 4 heteroatoms. The van der Waals surface area contributed by atoms with Crippen molar-refractivity contribution in [2.45, 2.75) is 32.9 Å². The SMILES string of the molecule is CC(C)N1CCN(c2cccc(F)c2[C@@H](C)N)CC1. The predicted molar refractivity (Wildman–Crippen MR) is 77.9 cm³/mol. The maximum absolute atomic E-state index is 13.9. The van der Waals surface area contributed by atoms with Gasteiger partial charge in [-0.15, -0.1) is 0 Å². The molecule has 19 heavy (non-hydrogen) atoms. The molecule has 1 aromatic rings. The van der Waals surface area contributed by atoms with Crippen LogP contribution in [0.1, 0.15) is 32.4 Å². The van der Waals surface area contributed by atoms with Gasteiger partial charge in [0.15, 0.2) is 0 Å². The molecule has 2 rings (SSSR count). The summed E-state index contributed by atoms with van der Waals surface area (Å²) in [5.74, 6) is -0.196. The Kier molecular flexibility index (Phi) is 4.42. The van der Waals surface area contributed by atoms with Crippen LogP contribution in [0.5, 0.6) is 0 Å². The first kappa shape index (κ1) is 14.3. The van der Waals surface area contributed by atoms with Gasteiger partial charge in [0.05, 0.1) is 0 Å². The van der Waals surface area contributed by atoms with Gasteiger partial charge in [0.1, 0.15) is 5.82 Å². The van der Waals surface area contributed by atoms with Crippen LogP contribution in [0.4, 0.5) is 10.1 Å². The molecular formula is C15H24FN3. The topological polar surface area (TPSA) is 32.5 Å². The van der Waals surface area contributed by atoms with Gasteiger partial charge in [0.25, 0.3) is 0 Å². The first-order valence-corrected chi connectivity index (χ1v) is 7.03. The van der Waals surface area contributed by atoms with Crippen LogP contribution >= 0.6 is 0 Å². The summed E-state index contributed by atoms with van der Waals surface area (Å²) >= 11 is 0. The molecule has 1 atom stereocenters. The largest absolute Gasteiger partial charge is 0.369 e. The highest BCUT2D eigenvalue weighted by atomic mass is 19.1. The number of hydrogen-bond acceptors (Lipinski definition) is 3. The van der Waals surface area contributed by atoms with Gasteiger partial charge in [0.2, 0.25) is 0 Å². The number of hydrogen-bond donors (Lipinski definition) is 1. The second-order valence-corrected chi connectivity index (χ2v) is 5.58. The number of piperazine rings is 1. The van der Waals surface area contributed by atoms with Gasteiger partial charge >= 0.3 is 0 Å². The molecule has 0 aliphatic carbocycles. The lowest BCUT2D eigenvalue weighted by atomic mass is 10.0. The number of nitrogens with two attached hydrogens (primary N) is 1. The summed E-state index contributed by atoms with van der Waals surface area (Å²) in [4.78, 5) is 4.70. The molecular weight excluding hydrogens is 241 g/mol. The monoisotopic (exact) mass is 265 g/mol. The number of halogens is 1. The van der Waals surface area contributed by atoms with E-state index in [9.17, 15) is 4.39 Å². The third kappa shape index (κ3) is 3.07. The molecule has 1 aromatic carbocycles. The average Bonchev–Trinajstić information content (AvgIpc) is 2.38. The predicted octanol–water partition coefficient (Wildman–Crippen LogP) is 2.38. The molecule has 0 bridgehead atoms. The van der Waals surface area contributed by atoms with Crippen molar-refractivity contribution in [3.05, 3.63) is 29.6 Å². The quantitative estimate of drug-likeness (QED) is 0.910. The summed E-state index contributed by atoms with van der Waals surface area (Å²) in [6, 6.07) is 5.53. The summed E-state index contributed by atoms with van der Waals surface area (Å²) < 4.78 is 13.9.